The molecule has 110 valence electrons. The van der Waals surface area contributed by atoms with Crippen LogP contribution in [0.15, 0.2) is 54.6 Å². The second-order valence-corrected chi connectivity index (χ2v) is 4.98. The fraction of sp³-hybridized carbons (Fsp3) is 0.118. The number of benzene rings is 2. The summed E-state index contributed by atoms with van der Waals surface area (Å²) in [5.41, 5.74) is 1.66. The van der Waals surface area contributed by atoms with Gasteiger partial charge in [0.2, 0.25) is 0 Å². The first kappa shape index (κ1) is 14.0. The van der Waals surface area contributed by atoms with Gasteiger partial charge >= 0.3 is 5.97 Å². The molecule has 0 aliphatic heterocycles. The van der Waals surface area contributed by atoms with Gasteiger partial charge in [0, 0.05) is 10.9 Å². The Hall–Kier alpha value is -2.95. The van der Waals surface area contributed by atoms with Gasteiger partial charge in [-0.25, -0.2) is 9.97 Å². The van der Waals surface area contributed by atoms with Crippen LogP contribution in [0.3, 0.4) is 0 Å². The average Bonchev–Trinajstić information content (AvgIpc) is 2.55. The Bertz CT molecular complexity index is 819. The number of anilines is 1. The molecule has 0 saturated heterocycles. The van der Waals surface area contributed by atoms with Crippen LogP contribution in [0.1, 0.15) is 6.92 Å². The highest BCUT2D eigenvalue weighted by Crippen LogP contribution is 2.25. The van der Waals surface area contributed by atoms with E-state index < -0.39 is 12.0 Å². The molecular formula is C17H15N3O2. The van der Waals surface area contributed by atoms with Crippen LogP contribution in [0.4, 0.5) is 5.82 Å². The molecule has 0 amide bonds. The highest BCUT2D eigenvalue weighted by molar-refractivity contribution is 5.92. The zero-order valence-corrected chi connectivity index (χ0v) is 12.0. The summed E-state index contributed by atoms with van der Waals surface area (Å²) >= 11 is 0. The molecule has 3 rings (SSSR count). The standard InChI is InChI=1S/C17H15N3O2/c1-11(17(21)22)18-16-13-9-5-6-10-14(13)19-15(20-16)12-7-3-2-4-8-12/h2-11H,1H3,(H,21,22)(H,18,19,20)/t11-/m0/s1. The molecule has 0 aliphatic rings. The number of aliphatic carboxylic acids is 1. The summed E-state index contributed by atoms with van der Waals surface area (Å²) in [5.74, 6) is 0.169. The molecule has 0 spiro atoms. The van der Waals surface area contributed by atoms with E-state index in [9.17, 15) is 4.79 Å². The monoisotopic (exact) mass is 293 g/mol. The van der Waals surface area contributed by atoms with Crippen molar-refractivity contribution in [1.29, 1.82) is 0 Å². The fourth-order valence-electron chi connectivity index (χ4n) is 2.17. The summed E-state index contributed by atoms with van der Waals surface area (Å²) in [7, 11) is 0. The summed E-state index contributed by atoms with van der Waals surface area (Å²) < 4.78 is 0. The number of carboxylic acids is 1. The van der Waals surface area contributed by atoms with Gasteiger partial charge in [-0.1, -0.05) is 42.5 Å². The van der Waals surface area contributed by atoms with E-state index in [1.54, 1.807) is 6.92 Å². The Balaban J connectivity index is 2.14. The van der Waals surface area contributed by atoms with E-state index >= 15 is 0 Å². The van der Waals surface area contributed by atoms with Crippen molar-refractivity contribution in [3.63, 3.8) is 0 Å². The number of rotatable bonds is 4. The maximum Gasteiger partial charge on any atom is 0.325 e. The molecule has 2 N–H and O–H groups in total. The van der Waals surface area contributed by atoms with Crippen molar-refractivity contribution in [2.24, 2.45) is 0 Å². The SMILES string of the molecule is C[C@H](Nc1nc(-c2ccccc2)nc2ccccc12)C(=O)O. The maximum atomic E-state index is 11.1. The molecule has 2 aromatic carbocycles. The lowest BCUT2D eigenvalue weighted by Crippen LogP contribution is -2.26. The van der Waals surface area contributed by atoms with Gasteiger partial charge in [0.05, 0.1) is 5.52 Å². The van der Waals surface area contributed by atoms with Gasteiger partial charge in [0.25, 0.3) is 0 Å². The van der Waals surface area contributed by atoms with Gasteiger partial charge in [0.15, 0.2) is 5.82 Å². The molecule has 1 heterocycles. The lowest BCUT2D eigenvalue weighted by atomic mass is 10.1. The number of hydrogen-bond acceptors (Lipinski definition) is 4. The largest absolute Gasteiger partial charge is 0.480 e. The predicted octanol–water partition coefficient (Wildman–Crippen LogP) is 3.18. The predicted molar refractivity (Wildman–Crippen MR) is 85.7 cm³/mol. The number of fused-ring (bicyclic) bond motifs is 1. The molecule has 0 saturated carbocycles. The molecule has 3 aromatic rings. The molecule has 0 unspecified atom stereocenters. The van der Waals surface area contributed by atoms with Crippen molar-refractivity contribution in [2.75, 3.05) is 5.32 Å². The molecule has 0 radical (unpaired) electrons. The maximum absolute atomic E-state index is 11.1. The summed E-state index contributed by atoms with van der Waals surface area (Å²) in [4.78, 5) is 20.2. The van der Waals surface area contributed by atoms with Crippen LogP contribution < -0.4 is 5.32 Å². The molecule has 0 aliphatic carbocycles. The highest BCUT2D eigenvalue weighted by Gasteiger charge is 2.15. The van der Waals surface area contributed by atoms with Crippen molar-refractivity contribution in [3.05, 3.63) is 54.6 Å². The van der Waals surface area contributed by atoms with Gasteiger partial charge in [-0.05, 0) is 19.1 Å². The first-order chi connectivity index (χ1) is 10.6. The van der Waals surface area contributed by atoms with E-state index in [4.69, 9.17) is 5.11 Å². The lowest BCUT2D eigenvalue weighted by molar-refractivity contribution is -0.137. The minimum absolute atomic E-state index is 0.527. The molecule has 0 fully saturated rings. The third kappa shape index (κ3) is 2.74. The third-order valence-corrected chi connectivity index (χ3v) is 3.36. The van der Waals surface area contributed by atoms with Crippen molar-refractivity contribution in [2.45, 2.75) is 13.0 Å². The molecular weight excluding hydrogens is 278 g/mol. The highest BCUT2D eigenvalue weighted by atomic mass is 16.4. The van der Waals surface area contributed by atoms with Crippen LogP contribution in [0, 0.1) is 0 Å². The van der Waals surface area contributed by atoms with Crippen LogP contribution in [-0.4, -0.2) is 27.1 Å². The van der Waals surface area contributed by atoms with Crippen LogP contribution in [-0.2, 0) is 4.79 Å². The smallest absolute Gasteiger partial charge is 0.325 e. The Morgan fingerprint density at radius 2 is 1.73 bits per heavy atom. The number of aromatic nitrogens is 2. The van der Waals surface area contributed by atoms with E-state index in [1.165, 1.54) is 0 Å². The topological polar surface area (TPSA) is 75.1 Å². The molecule has 0 bridgehead atoms. The van der Waals surface area contributed by atoms with E-state index in [1.807, 2.05) is 54.6 Å². The molecule has 5 heteroatoms. The number of hydrogen-bond donors (Lipinski definition) is 2. The number of carboxylic acid groups (broad SMARTS) is 1. The molecule has 1 atom stereocenters. The summed E-state index contributed by atoms with van der Waals surface area (Å²) in [5, 5.41) is 12.8. The Morgan fingerprint density at radius 3 is 2.45 bits per heavy atom. The van der Waals surface area contributed by atoms with Crippen molar-refractivity contribution >= 4 is 22.7 Å². The summed E-state index contributed by atoms with van der Waals surface area (Å²) in [6.45, 7) is 1.58. The van der Waals surface area contributed by atoms with Crippen molar-refractivity contribution in [1.82, 2.24) is 9.97 Å². The van der Waals surface area contributed by atoms with E-state index in [2.05, 4.69) is 15.3 Å². The van der Waals surface area contributed by atoms with Crippen LogP contribution >= 0.6 is 0 Å². The van der Waals surface area contributed by atoms with Crippen LogP contribution in [0.5, 0.6) is 0 Å². The molecule has 1 aromatic heterocycles. The van der Waals surface area contributed by atoms with Gasteiger partial charge in [-0.2, -0.15) is 0 Å². The normalized spacial score (nSPS) is 12.0. The average molecular weight is 293 g/mol. The minimum Gasteiger partial charge on any atom is -0.480 e. The van der Waals surface area contributed by atoms with Gasteiger partial charge < -0.3 is 10.4 Å². The van der Waals surface area contributed by atoms with Crippen LogP contribution in [0.25, 0.3) is 22.3 Å². The second-order valence-electron chi connectivity index (χ2n) is 4.98. The Labute approximate surface area is 127 Å². The first-order valence-electron chi connectivity index (χ1n) is 6.96. The zero-order valence-electron chi connectivity index (χ0n) is 12.0. The second kappa shape index (κ2) is 5.81. The molecule has 22 heavy (non-hydrogen) atoms. The number of nitrogens with one attached hydrogen (secondary N) is 1. The number of para-hydroxylation sites is 1. The number of carbonyl (C=O) groups is 1. The van der Waals surface area contributed by atoms with Gasteiger partial charge in [-0.15, -0.1) is 0 Å². The van der Waals surface area contributed by atoms with E-state index in [-0.39, 0.29) is 0 Å². The van der Waals surface area contributed by atoms with E-state index in [0.29, 0.717) is 11.6 Å². The van der Waals surface area contributed by atoms with Crippen LogP contribution in [0.2, 0.25) is 0 Å². The zero-order chi connectivity index (χ0) is 15.5. The van der Waals surface area contributed by atoms with Crippen molar-refractivity contribution < 1.29 is 9.90 Å². The Morgan fingerprint density at radius 1 is 1.05 bits per heavy atom. The summed E-state index contributed by atoms with van der Waals surface area (Å²) in [6, 6.07) is 16.4. The summed E-state index contributed by atoms with van der Waals surface area (Å²) in [6.07, 6.45) is 0. The fourth-order valence-corrected chi connectivity index (χ4v) is 2.17. The number of nitrogens with zero attached hydrogens (tertiary/aromatic N) is 2. The quantitative estimate of drug-likeness (QED) is 0.772. The third-order valence-electron chi connectivity index (χ3n) is 3.36. The lowest BCUT2D eigenvalue weighted by Gasteiger charge is -2.13. The minimum atomic E-state index is -0.927. The van der Waals surface area contributed by atoms with Gasteiger partial charge in [0.1, 0.15) is 11.9 Å². The van der Waals surface area contributed by atoms with Crippen molar-refractivity contribution in [3.8, 4) is 11.4 Å². The first-order valence-corrected chi connectivity index (χ1v) is 6.96. The van der Waals surface area contributed by atoms with E-state index in [0.717, 1.165) is 16.5 Å². The Kier molecular flexibility index (Phi) is 3.70. The molecule has 5 nitrogen and oxygen atoms in total. The van der Waals surface area contributed by atoms with Gasteiger partial charge in [-0.3, -0.25) is 4.79 Å².